The van der Waals surface area contributed by atoms with Gasteiger partial charge in [-0.2, -0.15) is 5.10 Å². The summed E-state index contributed by atoms with van der Waals surface area (Å²) >= 11 is 13.1. The first-order valence-corrected chi connectivity index (χ1v) is 11.4. The molecule has 0 aromatic heterocycles. The predicted molar refractivity (Wildman–Crippen MR) is 130 cm³/mol. The number of hydrogen-bond donors (Lipinski definition) is 1. The molecule has 8 heteroatoms. The molecular formula is C23H19Br2ClN2O3. The Balaban J connectivity index is 1.68. The summed E-state index contributed by atoms with van der Waals surface area (Å²) in [5.74, 6) is 0.782. The molecule has 160 valence electrons. The fourth-order valence-corrected chi connectivity index (χ4v) is 4.35. The van der Waals surface area contributed by atoms with Crippen LogP contribution in [-0.4, -0.2) is 18.7 Å². The van der Waals surface area contributed by atoms with Gasteiger partial charge in [0.05, 0.1) is 27.3 Å². The van der Waals surface area contributed by atoms with Crippen LogP contribution >= 0.6 is 43.5 Å². The van der Waals surface area contributed by atoms with Crippen molar-refractivity contribution in [2.24, 2.45) is 5.10 Å². The van der Waals surface area contributed by atoms with Gasteiger partial charge in [-0.15, -0.1) is 0 Å². The number of carbonyl (C=O) groups is 1. The minimum absolute atomic E-state index is 0.251. The van der Waals surface area contributed by atoms with Gasteiger partial charge < -0.3 is 9.47 Å². The van der Waals surface area contributed by atoms with E-state index in [1.54, 1.807) is 36.5 Å². The number of benzene rings is 3. The molecule has 31 heavy (non-hydrogen) atoms. The monoisotopic (exact) mass is 564 g/mol. The predicted octanol–water partition coefficient (Wildman–Crippen LogP) is 6.61. The summed E-state index contributed by atoms with van der Waals surface area (Å²) in [6.45, 7) is 2.72. The van der Waals surface area contributed by atoms with E-state index in [4.69, 9.17) is 21.1 Å². The van der Waals surface area contributed by atoms with Crippen LogP contribution in [0.15, 0.2) is 74.7 Å². The lowest BCUT2D eigenvalue weighted by Gasteiger charge is -2.11. The van der Waals surface area contributed by atoms with Crippen molar-refractivity contribution in [3.8, 4) is 11.5 Å². The molecule has 0 saturated carbocycles. The van der Waals surface area contributed by atoms with E-state index in [2.05, 4.69) is 42.4 Å². The zero-order valence-electron chi connectivity index (χ0n) is 16.6. The van der Waals surface area contributed by atoms with Crippen LogP contribution < -0.4 is 14.9 Å². The number of nitrogens with one attached hydrogen (secondary N) is 1. The Bertz CT molecular complexity index is 1080. The number of carbonyl (C=O) groups excluding carboxylic acids is 1. The highest BCUT2D eigenvalue weighted by molar-refractivity contribution is 9.11. The van der Waals surface area contributed by atoms with E-state index in [0.717, 1.165) is 20.1 Å². The average molecular weight is 567 g/mol. The van der Waals surface area contributed by atoms with Crippen molar-refractivity contribution in [3.63, 3.8) is 0 Å². The SMILES string of the molecule is CCOc1c(Br)cc(/C=N/NC(=O)c2ccccc2OCc2ccccc2Cl)cc1Br. The molecule has 3 aromatic carbocycles. The van der Waals surface area contributed by atoms with Gasteiger partial charge in [0.2, 0.25) is 0 Å². The number of hydrogen-bond acceptors (Lipinski definition) is 4. The molecular weight excluding hydrogens is 548 g/mol. The van der Waals surface area contributed by atoms with Gasteiger partial charge in [0.25, 0.3) is 5.91 Å². The van der Waals surface area contributed by atoms with Gasteiger partial charge in [0, 0.05) is 10.6 Å². The Hall–Kier alpha value is -2.35. The van der Waals surface area contributed by atoms with Crippen molar-refractivity contribution in [2.45, 2.75) is 13.5 Å². The van der Waals surface area contributed by atoms with E-state index >= 15 is 0 Å². The van der Waals surface area contributed by atoms with E-state index < -0.39 is 0 Å². The van der Waals surface area contributed by atoms with Crippen LogP contribution in [0.25, 0.3) is 0 Å². The third-order valence-corrected chi connectivity index (χ3v) is 5.71. The first-order chi connectivity index (χ1) is 15.0. The van der Waals surface area contributed by atoms with E-state index in [-0.39, 0.29) is 12.5 Å². The van der Waals surface area contributed by atoms with Crippen LogP contribution in [0.5, 0.6) is 11.5 Å². The Morgan fingerprint density at radius 1 is 1.06 bits per heavy atom. The van der Waals surface area contributed by atoms with Crippen molar-refractivity contribution in [1.29, 1.82) is 0 Å². The molecule has 0 heterocycles. The molecule has 0 spiro atoms. The average Bonchev–Trinajstić information content (AvgIpc) is 2.76. The van der Waals surface area contributed by atoms with Crippen LogP contribution in [-0.2, 0) is 6.61 Å². The van der Waals surface area contributed by atoms with Crippen LogP contribution in [0.1, 0.15) is 28.4 Å². The van der Waals surface area contributed by atoms with Crippen molar-refractivity contribution in [2.75, 3.05) is 6.61 Å². The topological polar surface area (TPSA) is 59.9 Å². The normalized spacial score (nSPS) is 10.8. The quantitative estimate of drug-likeness (QED) is 0.247. The fraction of sp³-hybridized carbons (Fsp3) is 0.130. The molecule has 3 rings (SSSR count). The summed E-state index contributed by atoms with van der Waals surface area (Å²) < 4.78 is 13.0. The number of rotatable bonds is 8. The summed E-state index contributed by atoms with van der Waals surface area (Å²) in [4.78, 5) is 12.6. The lowest BCUT2D eigenvalue weighted by Crippen LogP contribution is -2.18. The molecule has 1 N–H and O–H groups in total. The number of halogens is 3. The first-order valence-electron chi connectivity index (χ1n) is 9.40. The summed E-state index contributed by atoms with van der Waals surface area (Å²) in [6, 6.07) is 18.1. The van der Waals surface area contributed by atoms with Gasteiger partial charge in [-0.05, 0) is 74.7 Å². The second-order valence-electron chi connectivity index (χ2n) is 6.32. The maximum Gasteiger partial charge on any atom is 0.275 e. The molecule has 0 atom stereocenters. The Kier molecular flexibility index (Phi) is 8.51. The van der Waals surface area contributed by atoms with Crippen LogP contribution in [0, 0.1) is 0 Å². The number of hydrazone groups is 1. The van der Waals surface area contributed by atoms with Crippen LogP contribution in [0.4, 0.5) is 0 Å². The molecule has 1 amide bonds. The number of para-hydroxylation sites is 1. The van der Waals surface area contributed by atoms with Gasteiger partial charge in [-0.25, -0.2) is 5.43 Å². The molecule has 5 nitrogen and oxygen atoms in total. The maximum absolute atomic E-state index is 12.6. The van der Waals surface area contributed by atoms with Gasteiger partial charge in [0.1, 0.15) is 18.1 Å². The molecule has 0 unspecified atom stereocenters. The number of amides is 1. The minimum atomic E-state index is -0.380. The molecule has 0 fully saturated rings. The Morgan fingerprint density at radius 2 is 1.74 bits per heavy atom. The summed E-state index contributed by atoms with van der Waals surface area (Å²) in [7, 11) is 0. The number of ether oxygens (including phenoxy) is 2. The lowest BCUT2D eigenvalue weighted by molar-refractivity contribution is 0.0950. The zero-order chi connectivity index (χ0) is 22.2. The number of nitrogens with zero attached hydrogens (tertiary/aromatic N) is 1. The van der Waals surface area contributed by atoms with Crippen molar-refractivity contribution in [3.05, 3.63) is 91.3 Å². The second kappa shape index (κ2) is 11.3. The third kappa shape index (κ3) is 6.32. The highest BCUT2D eigenvalue weighted by Crippen LogP contribution is 2.34. The van der Waals surface area contributed by atoms with Gasteiger partial charge in [-0.3, -0.25) is 4.79 Å². The smallest absolute Gasteiger partial charge is 0.275 e. The fourth-order valence-electron chi connectivity index (χ4n) is 2.71. The minimum Gasteiger partial charge on any atom is -0.492 e. The summed E-state index contributed by atoms with van der Waals surface area (Å²) in [6.07, 6.45) is 1.55. The third-order valence-electron chi connectivity index (χ3n) is 4.16. The van der Waals surface area contributed by atoms with Gasteiger partial charge >= 0.3 is 0 Å². The summed E-state index contributed by atoms with van der Waals surface area (Å²) in [5.41, 5.74) is 4.53. The lowest BCUT2D eigenvalue weighted by atomic mass is 10.2. The Morgan fingerprint density at radius 3 is 2.45 bits per heavy atom. The van der Waals surface area contributed by atoms with E-state index in [1.165, 1.54) is 0 Å². The molecule has 0 radical (unpaired) electrons. The van der Waals surface area contributed by atoms with Crippen molar-refractivity contribution >= 4 is 55.6 Å². The van der Waals surface area contributed by atoms with Crippen molar-refractivity contribution in [1.82, 2.24) is 5.43 Å². The Labute approximate surface area is 202 Å². The summed E-state index contributed by atoms with van der Waals surface area (Å²) in [5, 5.41) is 4.68. The van der Waals surface area contributed by atoms with Crippen LogP contribution in [0.3, 0.4) is 0 Å². The molecule has 0 bridgehead atoms. The van der Waals surface area contributed by atoms with E-state index in [1.807, 2.05) is 37.3 Å². The largest absolute Gasteiger partial charge is 0.492 e. The van der Waals surface area contributed by atoms with Gasteiger partial charge in [-0.1, -0.05) is 41.9 Å². The van der Waals surface area contributed by atoms with Crippen LogP contribution in [0.2, 0.25) is 5.02 Å². The molecule has 0 aliphatic rings. The standard InChI is InChI=1S/C23H19Br2ClN2O3/c1-2-30-22-18(24)11-15(12-19(22)25)13-27-28-23(29)17-8-4-6-10-21(17)31-14-16-7-3-5-9-20(16)26/h3-13H,2,14H2,1H3,(H,28,29)/b27-13+. The van der Waals surface area contributed by atoms with Crippen molar-refractivity contribution < 1.29 is 14.3 Å². The molecule has 0 aliphatic carbocycles. The second-order valence-corrected chi connectivity index (χ2v) is 8.44. The highest BCUT2D eigenvalue weighted by atomic mass is 79.9. The first kappa shape index (κ1) is 23.3. The molecule has 3 aromatic rings. The molecule has 0 aliphatic heterocycles. The highest BCUT2D eigenvalue weighted by Gasteiger charge is 2.12. The zero-order valence-corrected chi connectivity index (χ0v) is 20.5. The maximum atomic E-state index is 12.6. The van der Waals surface area contributed by atoms with Gasteiger partial charge in [0.15, 0.2) is 0 Å². The molecule has 0 saturated heterocycles. The van der Waals surface area contributed by atoms with E-state index in [0.29, 0.717) is 28.7 Å². The van der Waals surface area contributed by atoms with E-state index in [9.17, 15) is 4.79 Å².